The number of rotatable bonds is 8. The molecule has 0 aliphatic heterocycles. The normalized spacial score (nSPS) is 14.2. The van der Waals surface area contributed by atoms with Gasteiger partial charge in [-0.15, -0.1) is 0 Å². The van der Waals surface area contributed by atoms with Gasteiger partial charge in [-0.3, -0.25) is 9.59 Å². The van der Waals surface area contributed by atoms with Crippen molar-refractivity contribution in [3.05, 3.63) is 59.1 Å². The smallest absolute Gasteiger partial charge is 0.253 e. The molecule has 2 N–H and O–H groups in total. The summed E-state index contributed by atoms with van der Waals surface area (Å²) in [5.74, 6) is 0.459. The fourth-order valence-electron chi connectivity index (χ4n) is 3.47. The minimum absolute atomic E-state index is 0.126. The van der Waals surface area contributed by atoms with Crippen molar-refractivity contribution in [3.63, 3.8) is 0 Å². The SMILES string of the molecule is O=C(CCCOc1ccc(Cl)cc1)Nc1ccccc1C(=O)NC1CCCCC1. The van der Waals surface area contributed by atoms with E-state index >= 15 is 0 Å². The molecule has 1 saturated carbocycles. The Hall–Kier alpha value is -2.53. The second-order valence-corrected chi connectivity index (χ2v) is 7.74. The molecule has 3 rings (SSSR count). The molecule has 0 heterocycles. The van der Waals surface area contributed by atoms with E-state index in [1.54, 1.807) is 36.4 Å². The van der Waals surface area contributed by atoms with Crippen LogP contribution in [0.3, 0.4) is 0 Å². The van der Waals surface area contributed by atoms with Crippen LogP contribution in [0.5, 0.6) is 5.75 Å². The predicted octanol–water partition coefficient (Wildman–Crippen LogP) is 5.20. The number of nitrogens with one attached hydrogen (secondary N) is 2. The van der Waals surface area contributed by atoms with Crippen LogP contribution in [0.25, 0.3) is 0 Å². The highest BCUT2D eigenvalue weighted by atomic mass is 35.5. The van der Waals surface area contributed by atoms with Crippen molar-refractivity contribution in [2.75, 3.05) is 11.9 Å². The summed E-state index contributed by atoms with van der Waals surface area (Å²) < 4.78 is 5.61. The van der Waals surface area contributed by atoms with Gasteiger partial charge in [-0.2, -0.15) is 0 Å². The summed E-state index contributed by atoms with van der Waals surface area (Å²) >= 11 is 5.84. The van der Waals surface area contributed by atoms with Crippen molar-refractivity contribution in [3.8, 4) is 5.75 Å². The van der Waals surface area contributed by atoms with Crippen molar-refractivity contribution >= 4 is 29.1 Å². The summed E-state index contributed by atoms with van der Waals surface area (Å²) in [7, 11) is 0. The van der Waals surface area contributed by atoms with Crippen LogP contribution in [0.1, 0.15) is 55.3 Å². The molecule has 0 radical (unpaired) electrons. The van der Waals surface area contributed by atoms with Gasteiger partial charge in [0.1, 0.15) is 5.75 Å². The number of para-hydroxylation sites is 1. The highest BCUT2D eigenvalue weighted by molar-refractivity contribution is 6.30. The fourth-order valence-corrected chi connectivity index (χ4v) is 3.59. The Morgan fingerprint density at radius 3 is 2.48 bits per heavy atom. The van der Waals surface area contributed by atoms with Gasteiger partial charge in [0.2, 0.25) is 5.91 Å². The quantitative estimate of drug-likeness (QED) is 0.583. The molecule has 2 aromatic rings. The van der Waals surface area contributed by atoms with Crippen molar-refractivity contribution in [1.29, 1.82) is 0 Å². The Kier molecular flexibility index (Phi) is 7.94. The van der Waals surface area contributed by atoms with Crippen LogP contribution in [-0.2, 0) is 4.79 Å². The Morgan fingerprint density at radius 1 is 1.00 bits per heavy atom. The molecular formula is C23H27ClN2O3. The Morgan fingerprint density at radius 2 is 1.72 bits per heavy atom. The fraction of sp³-hybridized carbons (Fsp3) is 0.391. The van der Waals surface area contributed by atoms with E-state index in [-0.39, 0.29) is 17.9 Å². The number of ether oxygens (including phenoxy) is 1. The average molecular weight is 415 g/mol. The summed E-state index contributed by atoms with van der Waals surface area (Å²) in [5.41, 5.74) is 1.05. The molecule has 154 valence electrons. The zero-order chi connectivity index (χ0) is 20.5. The summed E-state index contributed by atoms with van der Waals surface area (Å²) in [5, 5.41) is 6.62. The minimum atomic E-state index is -0.136. The van der Waals surface area contributed by atoms with E-state index < -0.39 is 0 Å². The first kappa shape index (κ1) is 21.2. The Balaban J connectivity index is 1.47. The van der Waals surface area contributed by atoms with E-state index in [0.29, 0.717) is 35.7 Å². The van der Waals surface area contributed by atoms with Gasteiger partial charge in [0, 0.05) is 17.5 Å². The van der Waals surface area contributed by atoms with Gasteiger partial charge < -0.3 is 15.4 Å². The van der Waals surface area contributed by atoms with Gasteiger partial charge in [0.25, 0.3) is 5.91 Å². The first-order chi connectivity index (χ1) is 14.1. The molecule has 5 nitrogen and oxygen atoms in total. The van der Waals surface area contributed by atoms with Crippen molar-refractivity contribution in [2.45, 2.75) is 51.0 Å². The van der Waals surface area contributed by atoms with E-state index in [9.17, 15) is 9.59 Å². The van der Waals surface area contributed by atoms with E-state index in [1.807, 2.05) is 12.1 Å². The van der Waals surface area contributed by atoms with Crippen molar-refractivity contribution in [1.82, 2.24) is 5.32 Å². The van der Waals surface area contributed by atoms with E-state index in [2.05, 4.69) is 10.6 Å². The third-order valence-corrected chi connectivity index (χ3v) is 5.27. The second kappa shape index (κ2) is 10.9. The molecule has 0 atom stereocenters. The van der Waals surface area contributed by atoms with Crippen LogP contribution in [-0.4, -0.2) is 24.5 Å². The molecule has 2 amide bonds. The molecule has 1 fully saturated rings. The summed E-state index contributed by atoms with van der Waals surface area (Å²) in [6.07, 6.45) is 6.47. The van der Waals surface area contributed by atoms with Crippen LogP contribution >= 0.6 is 11.6 Å². The molecule has 0 bridgehead atoms. The number of carbonyl (C=O) groups is 2. The number of anilines is 1. The lowest BCUT2D eigenvalue weighted by Crippen LogP contribution is -2.36. The van der Waals surface area contributed by atoms with Crippen LogP contribution in [0.15, 0.2) is 48.5 Å². The first-order valence-corrected chi connectivity index (χ1v) is 10.6. The van der Waals surface area contributed by atoms with Crippen molar-refractivity contribution in [2.24, 2.45) is 0 Å². The maximum Gasteiger partial charge on any atom is 0.253 e. The van der Waals surface area contributed by atoms with E-state index in [4.69, 9.17) is 16.3 Å². The molecule has 2 aromatic carbocycles. The zero-order valence-corrected chi connectivity index (χ0v) is 17.2. The number of hydrogen-bond acceptors (Lipinski definition) is 3. The monoisotopic (exact) mass is 414 g/mol. The number of benzene rings is 2. The Labute approximate surface area is 176 Å². The van der Waals surface area contributed by atoms with E-state index in [0.717, 1.165) is 31.4 Å². The van der Waals surface area contributed by atoms with Gasteiger partial charge in [-0.25, -0.2) is 0 Å². The lowest BCUT2D eigenvalue weighted by atomic mass is 9.95. The molecular weight excluding hydrogens is 388 g/mol. The summed E-state index contributed by atoms with van der Waals surface area (Å²) in [6, 6.07) is 14.5. The van der Waals surface area contributed by atoms with Gasteiger partial charge >= 0.3 is 0 Å². The van der Waals surface area contributed by atoms with Crippen LogP contribution in [0.2, 0.25) is 5.02 Å². The molecule has 29 heavy (non-hydrogen) atoms. The molecule has 0 saturated heterocycles. The van der Waals surface area contributed by atoms with Gasteiger partial charge in [0.15, 0.2) is 0 Å². The number of amides is 2. The molecule has 0 aromatic heterocycles. The molecule has 0 unspecified atom stereocenters. The minimum Gasteiger partial charge on any atom is -0.494 e. The number of halogens is 1. The molecule has 6 heteroatoms. The lowest BCUT2D eigenvalue weighted by Gasteiger charge is -2.23. The van der Waals surface area contributed by atoms with Gasteiger partial charge in [0.05, 0.1) is 17.9 Å². The largest absolute Gasteiger partial charge is 0.494 e. The standard InChI is InChI=1S/C23H27ClN2O3/c24-17-12-14-19(15-13-17)29-16-6-11-22(27)26-21-10-5-4-9-20(21)23(28)25-18-7-2-1-3-8-18/h4-5,9-10,12-15,18H,1-3,6-8,11,16H2,(H,25,28)(H,26,27). The topological polar surface area (TPSA) is 67.4 Å². The van der Waals surface area contributed by atoms with E-state index in [1.165, 1.54) is 6.42 Å². The van der Waals surface area contributed by atoms with Gasteiger partial charge in [-0.1, -0.05) is 43.0 Å². The lowest BCUT2D eigenvalue weighted by molar-refractivity contribution is -0.116. The predicted molar refractivity (Wildman–Crippen MR) is 116 cm³/mol. The maximum absolute atomic E-state index is 12.7. The zero-order valence-electron chi connectivity index (χ0n) is 16.5. The second-order valence-electron chi connectivity index (χ2n) is 7.31. The first-order valence-electron chi connectivity index (χ1n) is 10.2. The molecule has 0 spiro atoms. The number of hydrogen-bond donors (Lipinski definition) is 2. The number of carbonyl (C=O) groups excluding carboxylic acids is 2. The maximum atomic E-state index is 12.7. The third-order valence-electron chi connectivity index (χ3n) is 5.02. The van der Waals surface area contributed by atoms with Gasteiger partial charge in [-0.05, 0) is 55.7 Å². The molecule has 1 aliphatic carbocycles. The van der Waals surface area contributed by atoms with Crippen molar-refractivity contribution < 1.29 is 14.3 Å². The van der Waals surface area contributed by atoms with Crippen LogP contribution in [0.4, 0.5) is 5.69 Å². The van der Waals surface area contributed by atoms with Crippen LogP contribution in [0, 0.1) is 0 Å². The third kappa shape index (κ3) is 6.79. The average Bonchev–Trinajstić information content (AvgIpc) is 2.73. The highest BCUT2D eigenvalue weighted by Crippen LogP contribution is 2.20. The Bertz CT molecular complexity index is 817. The highest BCUT2D eigenvalue weighted by Gasteiger charge is 2.19. The van der Waals surface area contributed by atoms with Crippen LogP contribution < -0.4 is 15.4 Å². The summed E-state index contributed by atoms with van der Waals surface area (Å²) in [6.45, 7) is 0.429. The molecule has 1 aliphatic rings. The summed E-state index contributed by atoms with van der Waals surface area (Å²) in [4.78, 5) is 25.0.